The zero-order valence-corrected chi connectivity index (χ0v) is 7.81. The van der Waals surface area contributed by atoms with Gasteiger partial charge >= 0.3 is 0 Å². The maximum Gasteiger partial charge on any atom is 0.180 e. The van der Waals surface area contributed by atoms with Crippen LogP contribution in [-0.4, -0.2) is 11.4 Å². The van der Waals surface area contributed by atoms with Gasteiger partial charge in [-0.1, -0.05) is 36.4 Å². The molecule has 0 aliphatic rings. The fraction of sp³-hybridized carbons (Fsp3) is 0.400. The van der Waals surface area contributed by atoms with Crippen molar-refractivity contribution in [2.45, 2.75) is 19.8 Å². The third-order valence-corrected chi connectivity index (χ3v) is 1.69. The van der Waals surface area contributed by atoms with Crippen LogP contribution in [0.2, 0.25) is 0 Å². The molecule has 1 aromatic carbocycles. The molecular weight excluding hydrogens is 164 g/mol. The minimum atomic E-state index is 0.478. The van der Waals surface area contributed by atoms with E-state index in [9.17, 15) is 5.21 Å². The third kappa shape index (κ3) is 3.69. The lowest BCUT2D eigenvalue weighted by atomic mass is 10.3. The molecule has 0 unspecified atom stereocenters. The van der Waals surface area contributed by atoms with Crippen molar-refractivity contribution in [3.05, 3.63) is 35.5 Å². The molecule has 1 aromatic rings. The predicted octanol–water partition coefficient (Wildman–Crippen LogP) is 3.08. The van der Waals surface area contributed by atoms with Crippen molar-refractivity contribution in [1.82, 2.24) is 0 Å². The normalized spacial score (nSPS) is 11.6. The van der Waals surface area contributed by atoms with Gasteiger partial charge < -0.3 is 5.21 Å². The summed E-state index contributed by atoms with van der Waals surface area (Å²) >= 11 is 0. The lowest BCUT2D eigenvalue weighted by Crippen LogP contribution is -2.00. The van der Waals surface area contributed by atoms with E-state index in [-0.39, 0.29) is 0 Å². The second kappa shape index (κ2) is 5.30. The first-order chi connectivity index (χ1) is 6.33. The molecular formula is C10H14N2O. The highest BCUT2D eigenvalue weighted by molar-refractivity contribution is 5.34. The van der Waals surface area contributed by atoms with Crippen LogP contribution < -0.4 is 0 Å². The molecule has 3 heteroatoms. The monoisotopic (exact) mass is 178 g/mol. The van der Waals surface area contributed by atoms with Crippen molar-refractivity contribution >= 4 is 5.69 Å². The van der Waals surface area contributed by atoms with Crippen LogP contribution in [0.5, 0.6) is 0 Å². The molecule has 0 atom stereocenters. The average Bonchev–Trinajstić information content (AvgIpc) is 2.16. The number of rotatable bonds is 4. The molecule has 0 heterocycles. The third-order valence-electron chi connectivity index (χ3n) is 1.69. The zero-order valence-electron chi connectivity index (χ0n) is 7.81. The van der Waals surface area contributed by atoms with Gasteiger partial charge in [-0.15, -0.1) is 0 Å². The summed E-state index contributed by atoms with van der Waals surface area (Å²) in [5.74, 6) is 0. The van der Waals surface area contributed by atoms with Gasteiger partial charge in [0.1, 0.15) is 5.69 Å². The van der Waals surface area contributed by atoms with E-state index >= 15 is 0 Å². The summed E-state index contributed by atoms with van der Waals surface area (Å²) < 4.78 is 0. The quantitative estimate of drug-likeness (QED) is 0.396. The number of hydrogen-bond acceptors (Lipinski definition) is 2. The summed E-state index contributed by atoms with van der Waals surface area (Å²) in [5.41, 5.74) is 0.716. The topological polar surface area (TPSA) is 38.4 Å². The van der Waals surface area contributed by atoms with E-state index in [0.29, 0.717) is 12.2 Å². The Bertz CT molecular complexity index is 270. The number of hydrogen-bond donors (Lipinski definition) is 0. The standard InChI is InChI=1S/C10H14N2O/c1-2-3-9-12(13)11-10-7-5-4-6-8-10/h4-8H,2-3,9H2,1H3. The molecule has 0 fully saturated rings. The number of nitrogens with zero attached hydrogens (tertiary/aromatic N) is 2. The Hall–Kier alpha value is -1.38. The molecule has 0 aliphatic heterocycles. The van der Waals surface area contributed by atoms with Crippen molar-refractivity contribution in [1.29, 1.82) is 0 Å². The summed E-state index contributed by atoms with van der Waals surface area (Å²) in [7, 11) is 0. The van der Waals surface area contributed by atoms with Gasteiger partial charge in [0.25, 0.3) is 0 Å². The Labute approximate surface area is 78.3 Å². The maximum absolute atomic E-state index is 11.1. The molecule has 3 nitrogen and oxygen atoms in total. The number of azo groups is 1. The second-order valence-electron chi connectivity index (χ2n) is 2.86. The van der Waals surface area contributed by atoms with E-state index in [0.717, 1.165) is 17.7 Å². The Morgan fingerprint density at radius 2 is 2.00 bits per heavy atom. The Balaban J connectivity index is 2.55. The van der Waals surface area contributed by atoms with E-state index in [4.69, 9.17) is 0 Å². The van der Waals surface area contributed by atoms with Gasteiger partial charge in [0.2, 0.25) is 0 Å². The highest BCUT2D eigenvalue weighted by Gasteiger charge is 1.95. The molecule has 0 N–H and O–H groups in total. The largest absolute Gasteiger partial charge is 0.600 e. The van der Waals surface area contributed by atoms with Gasteiger partial charge in [0.15, 0.2) is 6.54 Å². The SMILES string of the molecule is CCCC[N+]([O-])=Nc1ccccc1. The van der Waals surface area contributed by atoms with Crippen LogP contribution >= 0.6 is 0 Å². The molecule has 1 rings (SSSR count). The highest BCUT2D eigenvalue weighted by Crippen LogP contribution is 2.09. The minimum absolute atomic E-state index is 0.478. The average molecular weight is 178 g/mol. The fourth-order valence-corrected chi connectivity index (χ4v) is 0.967. The van der Waals surface area contributed by atoms with Gasteiger partial charge in [0, 0.05) is 11.5 Å². The summed E-state index contributed by atoms with van der Waals surface area (Å²) in [5, 5.41) is 15.0. The van der Waals surface area contributed by atoms with Gasteiger partial charge in [-0.3, -0.25) is 0 Å². The first-order valence-corrected chi connectivity index (χ1v) is 4.54. The molecule has 0 aliphatic carbocycles. The molecule has 0 aromatic heterocycles. The van der Waals surface area contributed by atoms with Crippen molar-refractivity contribution in [2.24, 2.45) is 5.11 Å². The molecule has 0 saturated carbocycles. The Morgan fingerprint density at radius 3 is 2.62 bits per heavy atom. The number of benzene rings is 1. The van der Waals surface area contributed by atoms with E-state index in [2.05, 4.69) is 12.0 Å². The van der Waals surface area contributed by atoms with Crippen LogP contribution in [0.3, 0.4) is 0 Å². The van der Waals surface area contributed by atoms with Crippen molar-refractivity contribution in [3.8, 4) is 0 Å². The Kier molecular flexibility index (Phi) is 3.96. The first-order valence-electron chi connectivity index (χ1n) is 4.54. The van der Waals surface area contributed by atoms with Gasteiger partial charge in [-0.2, -0.15) is 0 Å². The summed E-state index contributed by atoms with van der Waals surface area (Å²) in [4.78, 5) is 0.749. The minimum Gasteiger partial charge on any atom is -0.600 e. The molecule has 0 spiro atoms. The second-order valence-corrected chi connectivity index (χ2v) is 2.86. The van der Waals surface area contributed by atoms with Gasteiger partial charge in [0.05, 0.1) is 0 Å². The molecule has 0 amide bonds. The zero-order chi connectivity index (χ0) is 9.52. The van der Waals surface area contributed by atoms with E-state index in [1.165, 1.54) is 0 Å². The van der Waals surface area contributed by atoms with Crippen LogP contribution in [0.1, 0.15) is 19.8 Å². The van der Waals surface area contributed by atoms with Gasteiger partial charge in [-0.25, -0.2) is 0 Å². The summed E-state index contributed by atoms with van der Waals surface area (Å²) in [6, 6.07) is 9.27. The summed E-state index contributed by atoms with van der Waals surface area (Å²) in [6.45, 7) is 2.53. The van der Waals surface area contributed by atoms with E-state index < -0.39 is 0 Å². The van der Waals surface area contributed by atoms with E-state index in [1.807, 2.05) is 30.3 Å². The first kappa shape index (κ1) is 9.71. The predicted molar refractivity (Wildman–Crippen MR) is 51.9 cm³/mol. The van der Waals surface area contributed by atoms with Crippen molar-refractivity contribution < 1.29 is 4.86 Å². The maximum atomic E-state index is 11.1. The number of unbranched alkanes of at least 4 members (excludes halogenated alkanes) is 1. The molecule has 70 valence electrons. The van der Waals surface area contributed by atoms with Crippen LogP contribution in [-0.2, 0) is 0 Å². The van der Waals surface area contributed by atoms with E-state index in [1.54, 1.807) is 0 Å². The van der Waals surface area contributed by atoms with Crippen LogP contribution in [0, 0.1) is 5.21 Å². The fourth-order valence-electron chi connectivity index (χ4n) is 0.967. The van der Waals surface area contributed by atoms with Crippen molar-refractivity contribution in [3.63, 3.8) is 0 Å². The van der Waals surface area contributed by atoms with Crippen LogP contribution in [0.15, 0.2) is 35.4 Å². The number of hydroxylamine groups is 1. The molecule has 13 heavy (non-hydrogen) atoms. The smallest absolute Gasteiger partial charge is 0.180 e. The highest BCUT2D eigenvalue weighted by atomic mass is 16.5. The van der Waals surface area contributed by atoms with Gasteiger partial charge in [-0.05, 0) is 12.1 Å². The molecule has 0 bridgehead atoms. The van der Waals surface area contributed by atoms with Crippen molar-refractivity contribution in [2.75, 3.05) is 6.54 Å². The molecule has 0 saturated heterocycles. The Morgan fingerprint density at radius 1 is 1.31 bits per heavy atom. The lowest BCUT2D eigenvalue weighted by Gasteiger charge is -1.98. The summed E-state index contributed by atoms with van der Waals surface area (Å²) in [6.07, 6.45) is 1.91. The van der Waals surface area contributed by atoms with Crippen LogP contribution in [0.4, 0.5) is 5.69 Å². The molecule has 0 radical (unpaired) electrons. The lowest BCUT2D eigenvalue weighted by molar-refractivity contribution is -0.525. The van der Waals surface area contributed by atoms with Crippen LogP contribution in [0.25, 0.3) is 0 Å².